The molecule has 0 saturated carbocycles. The second-order valence-corrected chi connectivity index (χ2v) is 15.2. The van der Waals surface area contributed by atoms with Gasteiger partial charge in [0.25, 0.3) is 0 Å². The fraction of sp³-hybridized carbons (Fsp3) is 0.0204. The summed E-state index contributed by atoms with van der Waals surface area (Å²) in [5.41, 5.74) is 11.7. The van der Waals surface area contributed by atoms with Gasteiger partial charge < -0.3 is 14.4 Å². The van der Waals surface area contributed by atoms with E-state index in [0.29, 0.717) is 0 Å². The highest BCUT2D eigenvalue weighted by Gasteiger charge is 2.18. The van der Waals surface area contributed by atoms with Gasteiger partial charge in [-0.3, -0.25) is 0 Å². The minimum Gasteiger partial charge on any atom is -0.344 e. The molecule has 0 N–H and O–H groups in total. The SMILES string of the molecule is Cn1c(-c2ccc(N(c3ccccc3)c3ccc(-c4ccccc4)s3)cc2)ccc1-c1ccc(N(c2ccccc2)c2ccc(-c3ccccc3)s2)cc1. The molecule has 0 aliphatic rings. The first-order valence-corrected chi connectivity index (χ1v) is 19.7. The molecular formula is C49H37N3S2. The van der Waals surface area contributed by atoms with Gasteiger partial charge in [0.15, 0.2) is 0 Å². The first-order chi connectivity index (χ1) is 26.7. The maximum absolute atomic E-state index is 2.34. The molecule has 0 aliphatic carbocycles. The van der Waals surface area contributed by atoms with Crippen LogP contribution in [0.25, 0.3) is 43.4 Å². The third-order valence-corrected chi connectivity index (χ3v) is 12.0. The lowest BCUT2D eigenvalue weighted by Gasteiger charge is -2.24. The first-order valence-electron chi connectivity index (χ1n) is 18.1. The summed E-state index contributed by atoms with van der Waals surface area (Å²) in [6, 6.07) is 73.7. The van der Waals surface area contributed by atoms with Crippen molar-refractivity contribution in [2.45, 2.75) is 0 Å². The standard InChI is InChI=1S/C49H37N3S2/c1-50-44(36-22-26-42(27-23-36)51(40-18-10-4-11-19-40)48-34-32-46(53-48)38-14-6-2-7-15-38)30-31-45(50)37-24-28-43(29-25-37)52(41-20-12-5-13-21-41)49-35-33-47(54-49)39-16-8-3-9-17-39/h2-35H,1H3. The molecule has 3 aromatic heterocycles. The van der Waals surface area contributed by atoms with Gasteiger partial charge in [0.2, 0.25) is 0 Å². The molecule has 0 bridgehead atoms. The first kappa shape index (κ1) is 33.4. The summed E-state index contributed by atoms with van der Waals surface area (Å²) >= 11 is 3.61. The van der Waals surface area contributed by atoms with Crippen LogP contribution in [0.15, 0.2) is 206 Å². The molecule has 0 radical (unpaired) electrons. The molecule has 0 spiro atoms. The highest BCUT2D eigenvalue weighted by Crippen LogP contribution is 2.44. The number of hydrogen-bond donors (Lipinski definition) is 0. The summed E-state index contributed by atoms with van der Waals surface area (Å²) in [6.07, 6.45) is 0. The van der Waals surface area contributed by atoms with Crippen molar-refractivity contribution in [2.24, 2.45) is 7.05 Å². The molecule has 54 heavy (non-hydrogen) atoms. The highest BCUT2D eigenvalue weighted by atomic mass is 32.1. The van der Waals surface area contributed by atoms with E-state index in [-0.39, 0.29) is 0 Å². The molecule has 260 valence electrons. The van der Waals surface area contributed by atoms with Crippen molar-refractivity contribution in [1.29, 1.82) is 0 Å². The Morgan fingerprint density at radius 1 is 0.315 bits per heavy atom. The third-order valence-electron chi connectivity index (χ3n) is 9.73. The molecular weight excluding hydrogens is 695 g/mol. The van der Waals surface area contributed by atoms with Crippen LogP contribution in [0.2, 0.25) is 0 Å². The molecule has 9 aromatic rings. The topological polar surface area (TPSA) is 11.4 Å². The number of para-hydroxylation sites is 2. The van der Waals surface area contributed by atoms with E-state index in [1.54, 1.807) is 0 Å². The van der Waals surface area contributed by atoms with E-state index in [1.807, 2.05) is 22.7 Å². The molecule has 3 nitrogen and oxygen atoms in total. The molecule has 5 heteroatoms. The van der Waals surface area contributed by atoms with Gasteiger partial charge in [0.1, 0.15) is 10.0 Å². The second kappa shape index (κ2) is 14.9. The zero-order valence-electron chi connectivity index (χ0n) is 29.8. The molecule has 0 saturated heterocycles. The van der Waals surface area contributed by atoms with Crippen LogP contribution in [-0.4, -0.2) is 4.57 Å². The van der Waals surface area contributed by atoms with Crippen molar-refractivity contribution in [3.8, 4) is 43.4 Å². The van der Waals surface area contributed by atoms with Crippen molar-refractivity contribution >= 4 is 55.4 Å². The van der Waals surface area contributed by atoms with Crippen molar-refractivity contribution < 1.29 is 0 Å². The monoisotopic (exact) mass is 731 g/mol. The summed E-state index contributed by atoms with van der Waals surface area (Å²) in [5, 5.41) is 2.36. The van der Waals surface area contributed by atoms with Crippen LogP contribution in [0, 0.1) is 0 Å². The minimum absolute atomic E-state index is 1.13. The maximum Gasteiger partial charge on any atom is 0.101 e. The quantitative estimate of drug-likeness (QED) is 0.139. The zero-order valence-corrected chi connectivity index (χ0v) is 31.4. The van der Waals surface area contributed by atoms with E-state index in [1.165, 1.54) is 53.4 Å². The molecule has 0 amide bonds. The van der Waals surface area contributed by atoms with Crippen molar-refractivity contribution in [1.82, 2.24) is 4.57 Å². The van der Waals surface area contributed by atoms with E-state index in [9.17, 15) is 0 Å². The highest BCUT2D eigenvalue weighted by molar-refractivity contribution is 7.19. The van der Waals surface area contributed by atoms with Crippen LogP contribution in [0.3, 0.4) is 0 Å². The van der Waals surface area contributed by atoms with Gasteiger partial charge in [-0.05, 0) is 107 Å². The predicted molar refractivity (Wildman–Crippen MR) is 232 cm³/mol. The van der Waals surface area contributed by atoms with Crippen LogP contribution in [0.5, 0.6) is 0 Å². The number of hydrogen-bond acceptors (Lipinski definition) is 4. The number of rotatable bonds is 10. The Morgan fingerprint density at radius 3 is 1.02 bits per heavy atom. The lowest BCUT2D eigenvalue weighted by molar-refractivity contribution is 0.946. The van der Waals surface area contributed by atoms with E-state index >= 15 is 0 Å². The molecule has 6 aromatic carbocycles. The largest absolute Gasteiger partial charge is 0.344 e. The van der Waals surface area contributed by atoms with E-state index in [0.717, 1.165) is 22.7 Å². The Morgan fingerprint density at radius 2 is 0.648 bits per heavy atom. The average Bonchev–Trinajstić information content (AvgIpc) is 4.02. The lowest BCUT2D eigenvalue weighted by atomic mass is 10.1. The molecule has 0 fully saturated rings. The average molecular weight is 732 g/mol. The predicted octanol–water partition coefficient (Wildman–Crippen LogP) is 14.8. The third kappa shape index (κ3) is 6.67. The Kier molecular flexibility index (Phi) is 9.24. The van der Waals surface area contributed by atoms with Crippen molar-refractivity contribution in [3.05, 3.63) is 206 Å². The van der Waals surface area contributed by atoms with Gasteiger partial charge in [0.05, 0.1) is 0 Å². The van der Waals surface area contributed by atoms with Crippen LogP contribution >= 0.6 is 22.7 Å². The molecule has 0 atom stereocenters. The number of anilines is 6. The molecule has 0 aliphatic heterocycles. The van der Waals surface area contributed by atoms with Gasteiger partial charge in [-0.2, -0.15) is 0 Å². The smallest absolute Gasteiger partial charge is 0.101 e. The summed E-state index contributed by atoms with van der Waals surface area (Å²) in [7, 11) is 2.16. The number of benzene rings is 6. The van der Waals surface area contributed by atoms with Crippen LogP contribution < -0.4 is 9.80 Å². The van der Waals surface area contributed by atoms with Gasteiger partial charge in [0, 0.05) is 50.9 Å². The zero-order chi connectivity index (χ0) is 36.3. The molecule has 9 rings (SSSR count). The lowest BCUT2D eigenvalue weighted by Crippen LogP contribution is -2.08. The summed E-state index contributed by atoms with van der Waals surface area (Å²) in [5.74, 6) is 0. The summed E-state index contributed by atoms with van der Waals surface area (Å²) in [4.78, 5) is 7.19. The maximum atomic E-state index is 2.34. The minimum atomic E-state index is 1.13. The fourth-order valence-corrected chi connectivity index (χ4v) is 9.13. The van der Waals surface area contributed by atoms with Gasteiger partial charge >= 0.3 is 0 Å². The Hall–Kier alpha value is -6.40. The Labute approximate surface area is 324 Å². The van der Waals surface area contributed by atoms with Crippen molar-refractivity contribution in [3.63, 3.8) is 0 Å². The molecule has 3 heterocycles. The van der Waals surface area contributed by atoms with Crippen LogP contribution in [-0.2, 0) is 7.05 Å². The van der Waals surface area contributed by atoms with Gasteiger partial charge in [-0.1, -0.05) is 121 Å². The summed E-state index contributed by atoms with van der Waals surface area (Å²) in [6.45, 7) is 0. The van der Waals surface area contributed by atoms with E-state index in [4.69, 9.17) is 0 Å². The number of nitrogens with zero attached hydrogens (tertiary/aromatic N) is 3. The van der Waals surface area contributed by atoms with Crippen LogP contribution in [0.4, 0.5) is 32.8 Å². The van der Waals surface area contributed by atoms with E-state index in [2.05, 4.69) is 228 Å². The summed E-state index contributed by atoms with van der Waals surface area (Å²) < 4.78 is 2.30. The van der Waals surface area contributed by atoms with Gasteiger partial charge in [-0.15, -0.1) is 22.7 Å². The van der Waals surface area contributed by atoms with Crippen LogP contribution in [0.1, 0.15) is 0 Å². The normalized spacial score (nSPS) is 11.1. The second-order valence-electron chi connectivity index (χ2n) is 13.1. The molecule has 0 unspecified atom stereocenters. The van der Waals surface area contributed by atoms with Crippen molar-refractivity contribution in [2.75, 3.05) is 9.80 Å². The fourth-order valence-electron chi connectivity index (χ4n) is 7.03. The number of aromatic nitrogens is 1. The number of thiophene rings is 2. The van der Waals surface area contributed by atoms with Gasteiger partial charge in [-0.25, -0.2) is 0 Å². The Bertz CT molecular complexity index is 2410. The van der Waals surface area contributed by atoms with E-state index < -0.39 is 0 Å². The Balaban J connectivity index is 0.993.